The van der Waals surface area contributed by atoms with Crippen molar-refractivity contribution in [2.75, 3.05) is 38.1 Å². The van der Waals surface area contributed by atoms with Gasteiger partial charge in [0.1, 0.15) is 5.69 Å². The molecule has 0 saturated carbocycles. The number of aliphatic hydroxyl groups is 1. The molecule has 1 rings (SSSR count). The minimum atomic E-state index is -4.35. The molecular formula is C12H16F3N3O3. The molecule has 1 aromatic rings. The molecule has 0 aromatic heterocycles. The van der Waals surface area contributed by atoms with Crippen LogP contribution in [0.1, 0.15) is 0 Å². The number of nitro benzene ring substituents is 1. The van der Waals surface area contributed by atoms with Crippen molar-refractivity contribution in [3.63, 3.8) is 0 Å². The fourth-order valence-electron chi connectivity index (χ4n) is 1.80. The van der Waals surface area contributed by atoms with Gasteiger partial charge in [0.25, 0.3) is 5.69 Å². The SMILES string of the molecule is O=[N+]([O-])c1ccccc1NCCN(CCO)CC(F)(F)F. The van der Waals surface area contributed by atoms with Gasteiger partial charge in [-0.1, -0.05) is 12.1 Å². The Morgan fingerprint density at radius 1 is 1.29 bits per heavy atom. The van der Waals surface area contributed by atoms with E-state index in [1.165, 1.54) is 18.2 Å². The summed E-state index contributed by atoms with van der Waals surface area (Å²) in [5, 5.41) is 22.3. The van der Waals surface area contributed by atoms with Crippen molar-refractivity contribution in [2.45, 2.75) is 6.18 Å². The highest BCUT2D eigenvalue weighted by Crippen LogP contribution is 2.23. The molecule has 0 aliphatic carbocycles. The van der Waals surface area contributed by atoms with Crippen molar-refractivity contribution in [3.8, 4) is 0 Å². The molecular weight excluding hydrogens is 291 g/mol. The number of para-hydroxylation sites is 2. The Morgan fingerprint density at radius 3 is 2.52 bits per heavy atom. The number of anilines is 1. The smallest absolute Gasteiger partial charge is 0.395 e. The summed E-state index contributed by atoms with van der Waals surface area (Å²) in [6.45, 7) is -1.53. The molecule has 1 aromatic carbocycles. The summed E-state index contributed by atoms with van der Waals surface area (Å²) in [4.78, 5) is 11.2. The lowest BCUT2D eigenvalue weighted by molar-refractivity contribution is -0.384. The summed E-state index contributed by atoms with van der Waals surface area (Å²) < 4.78 is 36.9. The van der Waals surface area contributed by atoms with E-state index in [0.29, 0.717) is 0 Å². The summed E-state index contributed by atoms with van der Waals surface area (Å²) in [5.74, 6) is 0. The zero-order valence-electron chi connectivity index (χ0n) is 11.1. The van der Waals surface area contributed by atoms with Crippen LogP contribution in [0.15, 0.2) is 24.3 Å². The van der Waals surface area contributed by atoms with Gasteiger partial charge in [-0.15, -0.1) is 0 Å². The number of nitro groups is 1. The maximum absolute atomic E-state index is 12.3. The molecule has 21 heavy (non-hydrogen) atoms. The molecule has 118 valence electrons. The van der Waals surface area contributed by atoms with Gasteiger partial charge in [-0.3, -0.25) is 15.0 Å². The third kappa shape index (κ3) is 6.41. The van der Waals surface area contributed by atoms with Crippen LogP contribution in [-0.2, 0) is 0 Å². The number of benzene rings is 1. The fraction of sp³-hybridized carbons (Fsp3) is 0.500. The summed E-state index contributed by atoms with van der Waals surface area (Å²) in [7, 11) is 0. The van der Waals surface area contributed by atoms with Gasteiger partial charge in [-0.25, -0.2) is 0 Å². The van der Waals surface area contributed by atoms with Crippen molar-refractivity contribution >= 4 is 11.4 Å². The minimum absolute atomic E-state index is 0.00607. The van der Waals surface area contributed by atoms with E-state index in [2.05, 4.69) is 5.32 Å². The zero-order chi connectivity index (χ0) is 15.9. The number of nitrogens with zero attached hydrogens (tertiary/aromatic N) is 2. The largest absolute Gasteiger partial charge is 0.401 e. The third-order valence-corrected chi connectivity index (χ3v) is 2.66. The van der Waals surface area contributed by atoms with Crippen LogP contribution in [0.25, 0.3) is 0 Å². The zero-order valence-corrected chi connectivity index (χ0v) is 11.1. The summed E-state index contributed by atoms with van der Waals surface area (Å²) in [6.07, 6.45) is -4.35. The van der Waals surface area contributed by atoms with Gasteiger partial charge in [0, 0.05) is 25.7 Å². The number of rotatable bonds is 8. The van der Waals surface area contributed by atoms with Crippen molar-refractivity contribution in [1.29, 1.82) is 0 Å². The first kappa shape index (κ1) is 17.2. The van der Waals surface area contributed by atoms with Crippen molar-refractivity contribution < 1.29 is 23.2 Å². The fourth-order valence-corrected chi connectivity index (χ4v) is 1.80. The molecule has 0 atom stereocenters. The molecule has 0 saturated heterocycles. The molecule has 9 heteroatoms. The third-order valence-electron chi connectivity index (χ3n) is 2.66. The van der Waals surface area contributed by atoms with Crippen LogP contribution < -0.4 is 5.32 Å². The lowest BCUT2D eigenvalue weighted by Gasteiger charge is -2.22. The number of nitrogens with one attached hydrogen (secondary N) is 1. The van der Waals surface area contributed by atoms with E-state index in [-0.39, 0.29) is 37.6 Å². The first-order valence-corrected chi connectivity index (χ1v) is 6.21. The summed E-state index contributed by atoms with van der Waals surface area (Å²) in [6, 6.07) is 5.89. The average Bonchev–Trinajstić information content (AvgIpc) is 2.37. The molecule has 2 N–H and O–H groups in total. The molecule has 0 radical (unpaired) electrons. The van der Waals surface area contributed by atoms with Gasteiger partial charge in [0.2, 0.25) is 0 Å². The van der Waals surface area contributed by atoms with E-state index < -0.39 is 17.6 Å². The normalized spacial score (nSPS) is 11.7. The van der Waals surface area contributed by atoms with E-state index in [1.54, 1.807) is 6.07 Å². The predicted octanol–water partition coefficient (Wildman–Crippen LogP) is 1.86. The van der Waals surface area contributed by atoms with Crippen molar-refractivity contribution in [3.05, 3.63) is 34.4 Å². The van der Waals surface area contributed by atoms with Crippen LogP contribution in [0.4, 0.5) is 24.5 Å². The van der Waals surface area contributed by atoms with E-state index in [9.17, 15) is 23.3 Å². The maximum Gasteiger partial charge on any atom is 0.401 e. The molecule has 0 amide bonds. The lowest BCUT2D eigenvalue weighted by atomic mass is 10.2. The van der Waals surface area contributed by atoms with Gasteiger partial charge in [0.15, 0.2) is 0 Å². The Bertz CT molecular complexity index is 469. The molecule has 6 nitrogen and oxygen atoms in total. The summed E-state index contributed by atoms with van der Waals surface area (Å²) in [5.41, 5.74) is 0.112. The van der Waals surface area contributed by atoms with Gasteiger partial charge >= 0.3 is 6.18 Å². The van der Waals surface area contributed by atoms with Gasteiger partial charge in [-0.2, -0.15) is 13.2 Å². The standard InChI is InChI=1S/C12H16F3N3O3/c13-12(14,15)9-17(7-8-19)6-5-16-10-3-1-2-4-11(10)18(20)21/h1-4,16,19H,5-9H2. The Labute approximate surface area is 119 Å². The number of aliphatic hydroxyl groups excluding tert-OH is 1. The van der Waals surface area contributed by atoms with Gasteiger partial charge in [-0.05, 0) is 6.07 Å². The Morgan fingerprint density at radius 2 is 1.95 bits per heavy atom. The monoisotopic (exact) mass is 307 g/mol. The highest BCUT2D eigenvalue weighted by Gasteiger charge is 2.30. The Kier molecular flexibility index (Phi) is 6.38. The highest BCUT2D eigenvalue weighted by molar-refractivity contribution is 5.60. The number of hydrogen-bond acceptors (Lipinski definition) is 5. The first-order valence-electron chi connectivity index (χ1n) is 6.21. The minimum Gasteiger partial charge on any atom is -0.395 e. The van der Waals surface area contributed by atoms with Crippen LogP contribution in [0.3, 0.4) is 0 Å². The quantitative estimate of drug-likeness (QED) is 0.566. The lowest BCUT2D eigenvalue weighted by Crippen LogP contribution is -2.39. The first-order chi connectivity index (χ1) is 9.83. The van der Waals surface area contributed by atoms with E-state index in [1.807, 2.05) is 0 Å². The second-order valence-corrected chi connectivity index (χ2v) is 4.32. The predicted molar refractivity (Wildman–Crippen MR) is 71.2 cm³/mol. The van der Waals surface area contributed by atoms with Crippen molar-refractivity contribution in [1.82, 2.24) is 4.90 Å². The topological polar surface area (TPSA) is 78.6 Å². The van der Waals surface area contributed by atoms with E-state index in [0.717, 1.165) is 4.90 Å². The highest BCUT2D eigenvalue weighted by atomic mass is 19.4. The summed E-state index contributed by atoms with van der Waals surface area (Å²) >= 11 is 0. The van der Waals surface area contributed by atoms with Crippen LogP contribution in [0.2, 0.25) is 0 Å². The number of hydrogen-bond donors (Lipinski definition) is 2. The van der Waals surface area contributed by atoms with Crippen LogP contribution in [0, 0.1) is 10.1 Å². The van der Waals surface area contributed by atoms with Gasteiger partial charge < -0.3 is 10.4 Å². The molecule has 0 aliphatic rings. The molecule has 0 bridgehead atoms. The Balaban J connectivity index is 2.56. The average molecular weight is 307 g/mol. The molecule has 0 heterocycles. The van der Waals surface area contributed by atoms with Crippen LogP contribution >= 0.6 is 0 Å². The Hall–Kier alpha value is -1.87. The van der Waals surface area contributed by atoms with Gasteiger partial charge in [0.05, 0.1) is 18.1 Å². The van der Waals surface area contributed by atoms with E-state index >= 15 is 0 Å². The maximum atomic E-state index is 12.3. The van der Waals surface area contributed by atoms with E-state index in [4.69, 9.17) is 5.11 Å². The number of halogens is 3. The molecule has 0 fully saturated rings. The molecule has 0 aliphatic heterocycles. The second-order valence-electron chi connectivity index (χ2n) is 4.32. The molecule has 0 unspecified atom stereocenters. The van der Waals surface area contributed by atoms with Crippen LogP contribution in [0.5, 0.6) is 0 Å². The van der Waals surface area contributed by atoms with Crippen LogP contribution in [-0.4, -0.2) is 53.9 Å². The number of alkyl halides is 3. The van der Waals surface area contributed by atoms with Crippen molar-refractivity contribution in [2.24, 2.45) is 0 Å². The second kappa shape index (κ2) is 7.79. The molecule has 0 spiro atoms.